The largest absolute Gasteiger partial charge is 0.389 e. The Morgan fingerprint density at radius 2 is 1.89 bits per heavy atom. The first-order valence-corrected chi connectivity index (χ1v) is 6.44. The maximum Gasteiger partial charge on any atom is 0.389 e. The SMILES string of the molecule is CNC1CC(OCCCC(F)(F)F)C1OCCOC. The van der Waals surface area contributed by atoms with Crippen LogP contribution in [-0.2, 0) is 14.2 Å². The van der Waals surface area contributed by atoms with E-state index in [2.05, 4.69) is 5.32 Å². The summed E-state index contributed by atoms with van der Waals surface area (Å²) in [5, 5.41) is 3.10. The fourth-order valence-corrected chi connectivity index (χ4v) is 2.03. The van der Waals surface area contributed by atoms with Gasteiger partial charge in [0.2, 0.25) is 0 Å². The van der Waals surface area contributed by atoms with Crippen LogP contribution in [0.25, 0.3) is 0 Å². The molecule has 0 spiro atoms. The topological polar surface area (TPSA) is 39.7 Å². The van der Waals surface area contributed by atoms with Crippen molar-refractivity contribution in [2.45, 2.75) is 43.7 Å². The molecule has 0 aliphatic heterocycles. The summed E-state index contributed by atoms with van der Waals surface area (Å²) in [5.74, 6) is 0. The van der Waals surface area contributed by atoms with Gasteiger partial charge in [-0.05, 0) is 19.9 Å². The lowest BCUT2D eigenvalue weighted by molar-refractivity contribution is -0.161. The van der Waals surface area contributed by atoms with Crippen molar-refractivity contribution in [1.82, 2.24) is 5.32 Å². The molecule has 1 fully saturated rings. The second-order valence-corrected chi connectivity index (χ2v) is 4.59. The molecule has 0 saturated heterocycles. The monoisotopic (exact) mass is 285 g/mol. The molecule has 0 aromatic heterocycles. The van der Waals surface area contributed by atoms with Crippen LogP contribution in [0.2, 0.25) is 0 Å². The van der Waals surface area contributed by atoms with Gasteiger partial charge in [0.1, 0.15) is 0 Å². The average molecular weight is 285 g/mol. The zero-order valence-corrected chi connectivity index (χ0v) is 11.3. The summed E-state index contributed by atoms with van der Waals surface area (Å²) in [4.78, 5) is 0. The third-order valence-electron chi connectivity index (χ3n) is 3.15. The minimum absolute atomic E-state index is 0.00495. The number of halogens is 3. The minimum Gasteiger partial charge on any atom is -0.382 e. The molecule has 7 heteroatoms. The Labute approximate surface area is 111 Å². The smallest absolute Gasteiger partial charge is 0.382 e. The lowest BCUT2D eigenvalue weighted by atomic mass is 9.85. The van der Waals surface area contributed by atoms with Gasteiger partial charge >= 0.3 is 6.18 Å². The van der Waals surface area contributed by atoms with E-state index in [0.717, 1.165) is 6.42 Å². The van der Waals surface area contributed by atoms with Gasteiger partial charge in [-0.1, -0.05) is 0 Å². The van der Waals surface area contributed by atoms with E-state index in [1.807, 2.05) is 7.05 Å². The normalized spacial score (nSPS) is 27.3. The number of hydrogen-bond donors (Lipinski definition) is 1. The molecule has 19 heavy (non-hydrogen) atoms. The van der Waals surface area contributed by atoms with Gasteiger partial charge in [0.25, 0.3) is 0 Å². The zero-order chi connectivity index (χ0) is 14.3. The first kappa shape index (κ1) is 16.7. The van der Waals surface area contributed by atoms with Gasteiger partial charge in [-0.25, -0.2) is 0 Å². The third kappa shape index (κ3) is 6.07. The quantitative estimate of drug-likeness (QED) is 0.655. The maximum absolute atomic E-state index is 12.0. The second-order valence-electron chi connectivity index (χ2n) is 4.59. The molecule has 1 aliphatic rings. The number of methoxy groups -OCH3 is 1. The first-order chi connectivity index (χ1) is 8.98. The van der Waals surface area contributed by atoms with Gasteiger partial charge in [0.05, 0.1) is 25.4 Å². The Morgan fingerprint density at radius 3 is 2.47 bits per heavy atom. The lowest BCUT2D eigenvalue weighted by Crippen LogP contribution is -2.59. The standard InChI is InChI=1S/C12H22F3NO3/c1-16-9-8-10(11(9)19-7-6-17-2)18-5-3-4-12(13,14)15/h9-11,16H,3-8H2,1-2H3. The van der Waals surface area contributed by atoms with Crippen molar-refractivity contribution in [2.75, 3.05) is 34.0 Å². The number of rotatable bonds is 9. The molecule has 3 unspecified atom stereocenters. The summed E-state index contributed by atoms with van der Waals surface area (Å²) in [6.07, 6.45) is -4.38. The van der Waals surface area contributed by atoms with Gasteiger partial charge in [0.15, 0.2) is 0 Å². The molecule has 0 bridgehead atoms. The number of hydrogen-bond acceptors (Lipinski definition) is 4. The van der Waals surface area contributed by atoms with E-state index in [1.165, 1.54) is 0 Å². The molecule has 1 aliphatic carbocycles. The van der Waals surface area contributed by atoms with Crippen LogP contribution in [-0.4, -0.2) is 58.4 Å². The molecule has 1 N–H and O–H groups in total. The molecular weight excluding hydrogens is 263 g/mol. The number of nitrogens with one attached hydrogen (secondary N) is 1. The molecule has 3 atom stereocenters. The van der Waals surface area contributed by atoms with Crippen LogP contribution < -0.4 is 5.32 Å². The first-order valence-electron chi connectivity index (χ1n) is 6.44. The lowest BCUT2D eigenvalue weighted by Gasteiger charge is -2.43. The molecule has 1 saturated carbocycles. The van der Waals surface area contributed by atoms with Crippen LogP contribution in [0.4, 0.5) is 13.2 Å². The summed E-state index contributed by atoms with van der Waals surface area (Å²) in [7, 11) is 3.42. The van der Waals surface area contributed by atoms with Crippen molar-refractivity contribution >= 4 is 0 Å². The fourth-order valence-electron chi connectivity index (χ4n) is 2.03. The van der Waals surface area contributed by atoms with Crippen LogP contribution in [0.5, 0.6) is 0 Å². The van der Waals surface area contributed by atoms with Gasteiger partial charge < -0.3 is 19.5 Å². The summed E-state index contributed by atoms with van der Waals surface area (Å²) in [6, 6.07) is 0.199. The van der Waals surface area contributed by atoms with Crippen molar-refractivity contribution in [1.29, 1.82) is 0 Å². The Kier molecular flexibility index (Phi) is 7.06. The Morgan fingerprint density at radius 1 is 1.16 bits per heavy atom. The molecule has 0 heterocycles. The van der Waals surface area contributed by atoms with E-state index in [0.29, 0.717) is 13.2 Å². The van der Waals surface area contributed by atoms with Gasteiger partial charge in [-0.2, -0.15) is 13.2 Å². The van der Waals surface area contributed by atoms with Gasteiger partial charge in [0, 0.05) is 26.2 Å². The van der Waals surface area contributed by atoms with Crippen molar-refractivity contribution in [2.24, 2.45) is 0 Å². The highest BCUT2D eigenvalue weighted by Gasteiger charge is 2.42. The van der Waals surface area contributed by atoms with E-state index < -0.39 is 12.6 Å². The number of ether oxygens (including phenoxy) is 3. The van der Waals surface area contributed by atoms with Crippen LogP contribution >= 0.6 is 0 Å². The van der Waals surface area contributed by atoms with Crippen molar-refractivity contribution in [3.8, 4) is 0 Å². The molecule has 114 valence electrons. The minimum atomic E-state index is -4.11. The predicted molar refractivity (Wildman–Crippen MR) is 64.1 cm³/mol. The van der Waals surface area contributed by atoms with E-state index in [9.17, 15) is 13.2 Å². The Hall–Kier alpha value is -0.370. The summed E-state index contributed by atoms with van der Waals surface area (Å²) in [6.45, 7) is 1.07. The second kappa shape index (κ2) is 8.04. The summed E-state index contributed by atoms with van der Waals surface area (Å²) >= 11 is 0. The van der Waals surface area contributed by atoms with Crippen LogP contribution in [0, 0.1) is 0 Å². The van der Waals surface area contributed by atoms with Crippen molar-refractivity contribution in [3.05, 3.63) is 0 Å². The highest BCUT2D eigenvalue weighted by Crippen LogP contribution is 2.28. The highest BCUT2D eigenvalue weighted by atomic mass is 19.4. The number of likely N-dealkylation sites (N-methyl/N-ethyl adjacent to an activating group) is 1. The molecule has 1 rings (SSSR count). The van der Waals surface area contributed by atoms with E-state index in [1.54, 1.807) is 7.11 Å². The third-order valence-corrected chi connectivity index (χ3v) is 3.15. The van der Waals surface area contributed by atoms with Crippen LogP contribution in [0.1, 0.15) is 19.3 Å². The Balaban J connectivity index is 2.17. The molecule has 0 aromatic rings. The highest BCUT2D eigenvalue weighted by molar-refractivity contribution is 4.96. The predicted octanol–water partition coefficient (Wildman–Crippen LogP) is 1.74. The summed E-state index contributed by atoms with van der Waals surface area (Å²) in [5.41, 5.74) is 0. The van der Waals surface area contributed by atoms with Crippen LogP contribution in [0.3, 0.4) is 0 Å². The molecule has 0 aromatic carbocycles. The number of alkyl halides is 3. The molecule has 0 radical (unpaired) electrons. The fraction of sp³-hybridized carbons (Fsp3) is 1.00. The van der Waals surface area contributed by atoms with Gasteiger partial charge in [-0.3, -0.25) is 0 Å². The van der Waals surface area contributed by atoms with E-state index in [4.69, 9.17) is 14.2 Å². The maximum atomic E-state index is 12.0. The van der Waals surface area contributed by atoms with E-state index in [-0.39, 0.29) is 31.3 Å². The average Bonchev–Trinajstić information content (AvgIpc) is 2.31. The van der Waals surface area contributed by atoms with Crippen LogP contribution in [0.15, 0.2) is 0 Å². The Bertz CT molecular complexity index is 251. The van der Waals surface area contributed by atoms with Gasteiger partial charge in [-0.15, -0.1) is 0 Å². The van der Waals surface area contributed by atoms with Crippen molar-refractivity contribution < 1.29 is 27.4 Å². The summed E-state index contributed by atoms with van der Waals surface area (Å²) < 4.78 is 51.8. The van der Waals surface area contributed by atoms with Crippen molar-refractivity contribution in [3.63, 3.8) is 0 Å². The molecular formula is C12H22F3NO3. The molecule has 0 amide bonds. The zero-order valence-electron chi connectivity index (χ0n) is 11.3. The van der Waals surface area contributed by atoms with E-state index >= 15 is 0 Å². The molecule has 4 nitrogen and oxygen atoms in total.